The average molecular weight is 347 g/mol. The van der Waals surface area contributed by atoms with Gasteiger partial charge in [-0.25, -0.2) is 19.9 Å². The SMILES string of the molecule is Nc1ncc(-c2cn3cc(C(=O)[O-])nc3c(N3CCOCC3)n2)cn1.[Li+]. The molecule has 0 aromatic carbocycles. The number of carboxylic acids is 1. The van der Waals surface area contributed by atoms with Gasteiger partial charge in [0.2, 0.25) is 5.95 Å². The Hall–Kier alpha value is -2.67. The maximum absolute atomic E-state index is 11.2. The van der Waals surface area contributed by atoms with Crippen molar-refractivity contribution in [2.75, 3.05) is 36.9 Å². The monoisotopic (exact) mass is 347 g/mol. The van der Waals surface area contributed by atoms with Crippen LogP contribution < -0.4 is 34.6 Å². The standard InChI is InChI=1S/C15H15N7O3.Li/c16-15-17-5-9(6-18-15)10-7-22-8-11(14(23)24)20-13(22)12(19-10)21-1-3-25-4-2-21;/h5-8H,1-4H2,(H,23,24)(H2,16,17,18);/q;+1/p-1. The van der Waals surface area contributed by atoms with Crippen LogP contribution in [0.2, 0.25) is 0 Å². The molecule has 128 valence electrons. The fourth-order valence-electron chi connectivity index (χ4n) is 2.68. The number of nitrogens with two attached hydrogens (primary N) is 1. The van der Waals surface area contributed by atoms with Crippen molar-refractivity contribution < 1.29 is 33.5 Å². The number of carboxylic acid groups (broad SMARTS) is 1. The van der Waals surface area contributed by atoms with Crippen LogP contribution in [0.4, 0.5) is 11.8 Å². The Bertz CT molecular complexity index is 938. The molecule has 3 aromatic heterocycles. The largest absolute Gasteiger partial charge is 1.00 e. The first-order valence-corrected chi connectivity index (χ1v) is 7.63. The summed E-state index contributed by atoms with van der Waals surface area (Å²) < 4.78 is 6.99. The average Bonchev–Trinajstić information content (AvgIpc) is 3.07. The summed E-state index contributed by atoms with van der Waals surface area (Å²) in [6, 6.07) is 0. The number of anilines is 2. The first-order valence-electron chi connectivity index (χ1n) is 7.63. The molecule has 0 aliphatic carbocycles. The summed E-state index contributed by atoms with van der Waals surface area (Å²) >= 11 is 0. The molecule has 2 N–H and O–H groups in total. The molecular weight excluding hydrogens is 333 g/mol. The number of rotatable bonds is 3. The minimum absolute atomic E-state index is 0. The van der Waals surface area contributed by atoms with Gasteiger partial charge in [-0.05, 0) is 0 Å². The van der Waals surface area contributed by atoms with E-state index in [1.54, 1.807) is 23.0 Å². The van der Waals surface area contributed by atoms with Gasteiger partial charge in [0, 0.05) is 43.4 Å². The second-order valence-electron chi connectivity index (χ2n) is 5.52. The van der Waals surface area contributed by atoms with E-state index in [4.69, 9.17) is 10.5 Å². The molecule has 0 atom stereocenters. The fraction of sp³-hybridized carbons (Fsp3) is 0.267. The van der Waals surface area contributed by atoms with Crippen LogP contribution >= 0.6 is 0 Å². The number of aromatic carboxylic acids is 1. The molecule has 0 bridgehead atoms. The molecule has 3 aromatic rings. The van der Waals surface area contributed by atoms with Crippen molar-refractivity contribution in [1.82, 2.24) is 24.3 Å². The number of hydrogen-bond donors (Lipinski definition) is 1. The number of fused-ring (bicyclic) bond motifs is 1. The van der Waals surface area contributed by atoms with Crippen molar-refractivity contribution in [3.05, 3.63) is 30.5 Å². The smallest absolute Gasteiger partial charge is 0.543 e. The van der Waals surface area contributed by atoms with Crippen molar-refractivity contribution in [1.29, 1.82) is 0 Å². The Morgan fingerprint density at radius 3 is 2.50 bits per heavy atom. The number of ether oxygens (including phenoxy) is 1. The third-order valence-electron chi connectivity index (χ3n) is 3.91. The van der Waals surface area contributed by atoms with Crippen LogP contribution in [-0.4, -0.2) is 56.6 Å². The summed E-state index contributed by atoms with van der Waals surface area (Å²) in [6.07, 6.45) is 6.21. The van der Waals surface area contributed by atoms with Crippen molar-refractivity contribution in [2.45, 2.75) is 0 Å². The number of nitrogen functional groups attached to an aromatic ring is 1. The summed E-state index contributed by atoms with van der Waals surface area (Å²) in [4.78, 5) is 29.9. The summed E-state index contributed by atoms with van der Waals surface area (Å²) in [5.74, 6) is -0.598. The molecule has 0 spiro atoms. The molecule has 1 aliphatic heterocycles. The van der Waals surface area contributed by atoms with Crippen molar-refractivity contribution in [3.63, 3.8) is 0 Å². The molecule has 10 nitrogen and oxygen atoms in total. The predicted molar refractivity (Wildman–Crippen MR) is 85.8 cm³/mol. The van der Waals surface area contributed by atoms with Gasteiger partial charge in [-0.15, -0.1) is 0 Å². The third kappa shape index (κ3) is 3.35. The van der Waals surface area contributed by atoms with Gasteiger partial charge in [0.05, 0.1) is 24.9 Å². The first-order chi connectivity index (χ1) is 12.1. The van der Waals surface area contributed by atoms with Crippen molar-refractivity contribution in [3.8, 4) is 11.3 Å². The maximum Gasteiger partial charge on any atom is 1.00 e. The number of imidazole rings is 1. The molecule has 4 rings (SSSR count). The van der Waals surface area contributed by atoms with E-state index in [0.29, 0.717) is 49.0 Å². The van der Waals surface area contributed by atoms with Crippen LogP contribution in [-0.2, 0) is 4.74 Å². The van der Waals surface area contributed by atoms with Gasteiger partial charge in [-0.2, -0.15) is 0 Å². The normalized spacial score (nSPS) is 14.2. The van der Waals surface area contributed by atoms with Crippen molar-refractivity contribution in [2.24, 2.45) is 0 Å². The minimum atomic E-state index is -1.34. The molecule has 0 radical (unpaired) electrons. The van der Waals surface area contributed by atoms with Gasteiger partial charge in [-0.1, -0.05) is 0 Å². The van der Waals surface area contributed by atoms with E-state index in [1.807, 2.05) is 4.90 Å². The Kier molecular flexibility index (Phi) is 5.08. The van der Waals surface area contributed by atoms with Crippen LogP contribution in [0.15, 0.2) is 24.8 Å². The number of morpholine rings is 1. The quantitative estimate of drug-likeness (QED) is 0.470. The Labute approximate surface area is 160 Å². The first kappa shape index (κ1) is 18.1. The van der Waals surface area contributed by atoms with Gasteiger partial charge in [-0.3, -0.25) is 0 Å². The van der Waals surface area contributed by atoms with Crippen LogP contribution in [0.5, 0.6) is 0 Å². The van der Waals surface area contributed by atoms with Gasteiger partial charge >= 0.3 is 18.9 Å². The molecular formula is C15H14LiN7O3. The van der Waals surface area contributed by atoms with Gasteiger partial charge in [0.25, 0.3) is 0 Å². The second-order valence-corrected chi connectivity index (χ2v) is 5.52. The van der Waals surface area contributed by atoms with Gasteiger partial charge in [0.15, 0.2) is 11.5 Å². The summed E-state index contributed by atoms with van der Waals surface area (Å²) in [5, 5.41) is 11.2. The summed E-state index contributed by atoms with van der Waals surface area (Å²) in [5.41, 5.74) is 7.06. The molecule has 1 aliphatic rings. The Morgan fingerprint density at radius 2 is 1.85 bits per heavy atom. The van der Waals surface area contributed by atoms with Crippen molar-refractivity contribution >= 4 is 23.4 Å². The predicted octanol–water partition coefficient (Wildman–Crippen LogP) is -4.03. The molecule has 0 amide bonds. The van der Waals surface area contributed by atoms with E-state index < -0.39 is 5.97 Å². The van der Waals surface area contributed by atoms with Gasteiger partial charge < -0.3 is 29.7 Å². The molecule has 0 saturated carbocycles. The van der Waals surface area contributed by atoms with E-state index in [-0.39, 0.29) is 30.5 Å². The Balaban J connectivity index is 0.00000196. The van der Waals surface area contributed by atoms with Crippen LogP contribution in [0.3, 0.4) is 0 Å². The van der Waals surface area contributed by atoms with E-state index in [2.05, 4.69) is 19.9 Å². The molecule has 1 fully saturated rings. The molecule has 0 unspecified atom stereocenters. The summed E-state index contributed by atoms with van der Waals surface area (Å²) in [7, 11) is 0. The zero-order valence-electron chi connectivity index (χ0n) is 14.1. The van der Waals surface area contributed by atoms with Gasteiger partial charge in [0.1, 0.15) is 5.69 Å². The minimum Gasteiger partial charge on any atom is -0.543 e. The second kappa shape index (κ2) is 7.29. The zero-order chi connectivity index (χ0) is 17.4. The zero-order valence-corrected chi connectivity index (χ0v) is 14.1. The number of aromatic nitrogens is 5. The molecule has 1 saturated heterocycles. The summed E-state index contributed by atoms with van der Waals surface area (Å²) in [6.45, 7) is 2.41. The Morgan fingerprint density at radius 1 is 1.15 bits per heavy atom. The molecule has 11 heteroatoms. The van der Waals surface area contributed by atoms with Crippen LogP contribution in [0, 0.1) is 0 Å². The number of hydrogen-bond acceptors (Lipinski definition) is 9. The fourth-order valence-corrected chi connectivity index (χ4v) is 2.68. The van der Waals surface area contributed by atoms with Crippen LogP contribution in [0.25, 0.3) is 16.9 Å². The van der Waals surface area contributed by atoms with E-state index in [9.17, 15) is 9.90 Å². The third-order valence-corrected chi connectivity index (χ3v) is 3.91. The number of carbonyl (C=O) groups is 1. The molecule has 26 heavy (non-hydrogen) atoms. The van der Waals surface area contributed by atoms with E-state index in [0.717, 1.165) is 0 Å². The number of nitrogens with zero attached hydrogens (tertiary/aromatic N) is 6. The van der Waals surface area contributed by atoms with Crippen LogP contribution in [0.1, 0.15) is 10.5 Å². The van der Waals surface area contributed by atoms with E-state index in [1.165, 1.54) is 6.20 Å². The van der Waals surface area contributed by atoms with E-state index >= 15 is 0 Å². The number of carbonyl (C=O) groups excluding carboxylic acids is 1. The topological polar surface area (TPSA) is 135 Å². The molecule has 4 heterocycles. The maximum atomic E-state index is 11.2.